The zero-order valence-electron chi connectivity index (χ0n) is 21.3. The maximum absolute atomic E-state index is 13.3. The lowest BCUT2D eigenvalue weighted by Gasteiger charge is -2.37. The number of hydrogen-bond acceptors (Lipinski definition) is 8. The summed E-state index contributed by atoms with van der Waals surface area (Å²) in [6.45, 7) is 0.166. The van der Waals surface area contributed by atoms with Crippen molar-refractivity contribution in [3.05, 3.63) is 82.3 Å². The predicted molar refractivity (Wildman–Crippen MR) is 140 cm³/mol. The van der Waals surface area contributed by atoms with E-state index in [2.05, 4.69) is 15.3 Å². The Balaban J connectivity index is 1.22. The van der Waals surface area contributed by atoms with Crippen LogP contribution >= 0.6 is 0 Å². The highest BCUT2D eigenvalue weighted by molar-refractivity contribution is 7.92. The van der Waals surface area contributed by atoms with E-state index in [0.717, 1.165) is 23.4 Å². The fourth-order valence-corrected chi connectivity index (χ4v) is 7.01. The normalized spacial score (nSPS) is 20.9. The Hall–Kier alpha value is -3.58. The smallest absolute Gasteiger partial charge is 0.379 e. The molecule has 0 atom stereocenters. The van der Waals surface area contributed by atoms with Gasteiger partial charge in [0.2, 0.25) is 6.54 Å². The molecule has 2 aliphatic rings. The van der Waals surface area contributed by atoms with Crippen molar-refractivity contribution in [2.45, 2.75) is 53.5 Å². The molecule has 3 aromatic rings. The lowest BCUT2D eigenvalue weighted by Crippen LogP contribution is -2.52. The first-order valence-electron chi connectivity index (χ1n) is 12.8. The summed E-state index contributed by atoms with van der Waals surface area (Å²) in [7, 11) is -3.59. The molecule has 1 aromatic carbocycles. The molecule has 1 aliphatic heterocycles. The molecule has 40 heavy (non-hydrogen) atoms. The molecular weight excluding hydrogens is 549 g/mol. The Bertz CT molecular complexity index is 1470. The van der Waals surface area contributed by atoms with Crippen molar-refractivity contribution in [2.24, 2.45) is 0 Å². The molecule has 212 valence electrons. The fraction of sp³-hybridized carbons (Fsp3) is 0.407. The lowest BCUT2D eigenvalue weighted by molar-refractivity contribution is -0.498. The number of benzene rings is 1. The first-order valence-corrected chi connectivity index (χ1v) is 14.3. The van der Waals surface area contributed by atoms with Crippen molar-refractivity contribution >= 4 is 15.7 Å². The maximum Gasteiger partial charge on any atom is 0.417 e. The van der Waals surface area contributed by atoms with Gasteiger partial charge in [0.05, 0.1) is 34.6 Å². The third-order valence-electron chi connectivity index (χ3n) is 7.56. The number of nitrogens with one attached hydrogen (secondary N) is 1. The molecule has 0 unspecified atom stereocenters. The third-order valence-corrected chi connectivity index (χ3v) is 9.84. The van der Waals surface area contributed by atoms with Gasteiger partial charge in [0, 0.05) is 23.4 Å². The minimum atomic E-state index is -4.45. The Labute approximate surface area is 228 Å². The number of alkyl halides is 3. The third kappa shape index (κ3) is 5.80. The van der Waals surface area contributed by atoms with Crippen LogP contribution in [0.15, 0.2) is 65.8 Å². The summed E-state index contributed by atoms with van der Waals surface area (Å²) in [5.74, 6) is 0.323. The Morgan fingerprint density at radius 3 is 2.25 bits per heavy atom. The number of rotatable bonds is 8. The summed E-state index contributed by atoms with van der Waals surface area (Å²) in [5.41, 5.74) is 0.513. The number of pyridine rings is 2. The van der Waals surface area contributed by atoms with Gasteiger partial charge in [-0.15, -0.1) is 0 Å². The lowest BCUT2D eigenvalue weighted by atomic mass is 9.81. The summed E-state index contributed by atoms with van der Waals surface area (Å²) in [6.07, 6.45) is -0.179. The van der Waals surface area contributed by atoms with Crippen molar-refractivity contribution in [2.75, 3.05) is 25.1 Å². The average Bonchev–Trinajstić information content (AvgIpc) is 2.91. The van der Waals surface area contributed by atoms with Crippen LogP contribution in [-0.4, -0.2) is 54.4 Å². The van der Waals surface area contributed by atoms with E-state index in [0.29, 0.717) is 37.2 Å². The fourth-order valence-electron chi connectivity index (χ4n) is 5.22. The van der Waals surface area contributed by atoms with E-state index in [1.807, 2.05) is 0 Å². The number of ether oxygens (including phenoxy) is 1. The van der Waals surface area contributed by atoms with Gasteiger partial charge in [-0.1, -0.05) is 12.1 Å². The van der Waals surface area contributed by atoms with E-state index in [4.69, 9.17) is 4.74 Å². The monoisotopic (exact) mass is 576 g/mol. The number of sulfone groups is 1. The van der Waals surface area contributed by atoms with Gasteiger partial charge >= 0.3 is 6.18 Å². The van der Waals surface area contributed by atoms with Gasteiger partial charge in [0.25, 0.3) is 0 Å². The highest BCUT2D eigenvalue weighted by Gasteiger charge is 2.46. The number of nitro groups is 1. The summed E-state index contributed by atoms with van der Waals surface area (Å²) in [5, 5.41) is 13.7. The molecule has 0 bridgehead atoms. The first kappa shape index (κ1) is 28.0. The topological polar surface area (TPSA) is 124 Å². The van der Waals surface area contributed by atoms with Gasteiger partial charge in [-0.3, -0.25) is 15.1 Å². The standard InChI is InChI=1S/C27H27F3N4O5S/c28-27(29,30)20-3-10-25(32-14-20)33-21-4-8-23(9-5-21)40(37,38)22-6-1-18(2-7-22)19-11-12-31-24(13-19)26(15-34(35)36)16-39-17-26/h1-3,6-7,10-14,21,23H,4-5,8-9,15-17H2,(H,32,33). The second kappa shape index (κ2) is 10.8. The van der Waals surface area contributed by atoms with Crippen molar-refractivity contribution in [1.29, 1.82) is 0 Å². The van der Waals surface area contributed by atoms with Crippen LogP contribution in [0.5, 0.6) is 0 Å². The van der Waals surface area contributed by atoms with Crippen molar-refractivity contribution in [1.82, 2.24) is 9.97 Å². The molecule has 2 aromatic heterocycles. The van der Waals surface area contributed by atoms with Gasteiger partial charge in [-0.05, 0) is 73.2 Å². The maximum atomic E-state index is 13.3. The molecule has 0 radical (unpaired) electrons. The van der Waals surface area contributed by atoms with Crippen LogP contribution in [-0.2, 0) is 26.2 Å². The summed E-state index contributed by atoms with van der Waals surface area (Å²) in [6, 6.07) is 12.3. The molecule has 1 saturated heterocycles. The molecule has 3 heterocycles. The molecular formula is C27H27F3N4O5S. The molecule has 5 rings (SSSR count). The van der Waals surface area contributed by atoms with E-state index < -0.39 is 32.2 Å². The van der Waals surface area contributed by atoms with Crippen LogP contribution in [0.3, 0.4) is 0 Å². The Morgan fingerprint density at radius 2 is 1.70 bits per heavy atom. The molecule has 1 aliphatic carbocycles. The Kier molecular flexibility index (Phi) is 7.53. The highest BCUT2D eigenvalue weighted by atomic mass is 32.2. The molecule has 0 spiro atoms. The van der Waals surface area contributed by atoms with Crippen LogP contribution in [0.2, 0.25) is 0 Å². The van der Waals surface area contributed by atoms with E-state index in [1.165, 1.54) is 6.07 Å². The van der Waals surface area contributed by atoms with Crippen LogP contribution < -0.4 is 5.32 Å². The molecule has 13 heteroatoms. The van der Waals surface area contributed by atoms with E-state index in [9.17, 15) is 31.7 Å². The average molecular weight is 577 g/mol. The molecule has 2 fully saturated rings. The van der Waals surface area contributed by atoms with E-state index >= 15 is 0 Å². The van der Waals surface area contributed by atoms with Gasteiger partial charge < -0.3 is 10.1 Å². The number of halogens is 3. The van der Waals surface area contributed by atoms with E-state index in [1.54, 1.807) is 42.6 Å². The van der Waals surface area contributed by atoms with Crippen LogP contribution in [0.4, 0.5) is 19.0 Å². The summed E-state index contributed by atoms with van der Waals surface area (Å²) < 4.78 is 70.2. The Morgan fingerprint density at radius 1 is 1.00 bits per heavy atom. The molecule has 0 amide bonds. The zero-order chi connectivity index (χ0) is 28.5. The van der Waals surface area contributed by atoms with Gasteiger partial charge in [-0.25, -0.2) is 13.4 Å². The number of aromatic nitrogens is 2. The largest absolute Gasteiger partial charge is 0.417 e. The molecule has 1 saturated carbocycles. The van der Waals surface area contributed by atoms with Crippen LogP contribution in [0.25, 0.3) is 11.1 Å². The minimum Gasteiger partial charge on any atom is -0.379 e. The predicted octanol–water partition coefficient (Wildman–Crippen LogP) is 4.90. The highest BCUT2D eigenvalue weighted by Crippen LogP contribution is 2.35. The first-order chi connectivity index (χ1) is 19.0. The van der Waals surface area contributed by atoms with Crippen LogP contribution in [0, 0.1) is 10.1 Å². The van der Waals surface area contributed by atoms with Gasteiger partial charge in [0.15, 0.2) is 9.84 Å². The summed E-state index contributed by atoms with van der Waals surface area (Å²) in [4.78, 5) is 19.2. The van der Waals surface area contributed by atoms with Crippen molar-refractivity contribution in [3.63, 3.8) is 0 Å². The number of hydrogen-bond donors (Lipinski definition) is 1. The number of anilines is 1. The van der Waals surface area contributed by atoms with Crippen molar-refractivity contribution in [3.8, 4) is 11.1 Å². The quantitative estimate of drug-likeness (QED) is 0.297. The zero-order valence-corrected chi connectivity index (χ0v) is 22.1. The van der Waals surface area contributed by atoms with Gasteiger partial charge in [0.1, 0.15) is 11.2 Å². The SMILES string of the molecule is O=[N+]([O-])CC1(c2cc(-c3ccc(S(=O)(=O)C4CCC(Nc5ccc(C(F)(F)F)cn5)CC4)cc3)ccn2)COC1. The minimum absolute atomic E-state index is 0.0846. The summed E-state index contributed by atoms with van der Waals surface area (Å²) >= 11 is 0. The van der Waals surface area contributed by atoms with Crippen molar-refractivity contribution < 1.29 is 31.2 Å². The molecule has 1 N–H and O–H groups in total. The van der Waals surface area contributed by atoms with Gasteiger partial charge in [-0.2, -0.15) is 13.2 Å². The van der Waals surface area contributed by atoms with Crippen LogP contribution in [0.1, 0.15) is 36.9 Å². The second-order valence-corrected chi connectivity index (χ2v) is 12.5. The number of nitrogens with zero attached hydrogens (tertiary/aromatic N) is 3. The molecule has 9 nitrogen and oxygen atoms in total. The van der Waals surface area contributed by atoms with E-state index in [-0.39, 0.29) is 35.6 Å². The second-order valence-electron chi connectivity index (χ2n) is 10.3.